The Morgan fingerprint density at radius 3 is 3.07 bits per heavy atom. The Balaban J connectivity index is 2.67. The summed E-state index contributed by atoms with van der Waals surface area (Å²) in [5.41, 5.74) is 3.32. The van der Waals surface area contributed by atoms with Gasteiger partial charge in [-0.1, -0.05) is 0 Å². The van der Waals surface area contributed by atoms with Crippen LogP contribution in [0.2, 0.25) is 0 Å². The molecule has 14 heavy (non-hydrogen) atoms. The van der Waals surface area contributed by atoms with Crippen molar-refractivity contribution in [3.63, 3.8) is 0 Å². The van der Waals surface area contributed by atoms with E-state index in [1.165, 1.54) is 10.9 Å². The van der Waals surface area contributed by atoms with Crippen LogP contribution in [0.3, 0.4) is 0 Å². The highest BCUT2D eigenvalue weighted by molar-refractivity contribution is 6.05. The molecule has 0 unspecified atom stereocenters. The number of H-pyrrole nitrogens is 1. The fraction of sp³-hybridized carbons (Fsp3) is 0.0909. The molecule has 3 aromatic rings. The van der Waals surface area contributed by atoms with E-state index in [1.54, 1.807) is 0 Å². The number of rotatable bonds is 0. The first-order valence-corrected chi connectivity index (χ1v) is 4.53. The van der Waals surface area contributed by atoms with E-state index < -0.39 is 0 Å². The molecule has 1 N–H and O–H groups in total. The van der Waals surface area contributed by atoms with Gasteiger partial charge in [0.1, 0.15) is 0 Å². The van der Waals surface area contributed by atoms with Gasteiger partial charge in [-0.3, -0.25) is 10.1 Å². The van der Waals surface area contributed by atoms with Gasteiger partial charge in [0.2, 0.25) is 0 Å². The molecule has 3 nitrogen and oxygen atoms in total. The van der Waals surface area contributed by atoms with Crippen LogP contribution in [0, 0.1) is 6.92 Å². The molecule has 0 amide bonds. The molecular formula is C11H9N3. The normalized spacial score (nSPS) is 11.2. The zero-order valence-corrected chi connectivity index (χ0v) is 7.78. The van der Waals surface area contributed by atoms with Crippen molar-refractivity contribution in [3.05, 3.63) is 36.2 Å². The van der Waals surface area contributed by atoms with Gasteiger partial charge < -0.3 is 0 Å². The minimum Gasteiger partial charge on any atom is -0.277 e. The van der Waals surface area contributed by atoms with E-state index in [2.05, 4.69) is 22.1 Å². The first kappa shape index (κ1) is 7.50. The van der Waals surface area contributed by atoms with Gasteiger partial charge in [0, 0.05) is 17.0 Å². The second-order valence-corrected chi connectivity index (χ2v) is 3.42. The lowest BCUT2D eigenvalue weighted by Gasteiger charge is -2.01. The molecule has 0 aliphatic heterocycles. The lowest BCUT2D eigenvalue weighted by atomic mass is 10.1. The second kappa shape index (κ2) is 2.54. The average molecular weight is 183 g/mol. The van der Waals surface area contributed by atoms with E-state index in [-0.39, 0.29) is 0 Å². The first-order chi connectivity index (χ1) is 6.86. The van der Waals surface area contributed by atoms with E-state index >= 15 is 0 Å². The van der Waals surface area contributed by atoms with Crippen molar-refractivity contribution in [2.45, 2.75) is 6.92 Å². The molecule has 3 rings (SSSR count). The van der Waals surface area contributed by atoms with Crippen LogP contribution in [0.1, 0.15) is 5.56 Å². The molecule has 1 aromatic carbocycles. The zero-order valence-electron chi connectivity index (χ0n) is 7.78. The van der Waals surface area contributed by atoms with E-state index in [4.69, 9.17) is 0 Å². The summed E-state index contributed by atoms with van der Waals surface area (Å²) in [7, 11) is 0. The largest absolute Gasteiger partial charge is 0.277 e. The number of pyridine rings is 1. The quantitative estimate of drug-likeness (QED) is 0.581. The lowest BCUT2D eigenvalue weighted by molar-refractivity contribution is 1.12. The molecule has 0 atom stereocenters. The summed E-state index contributed by atoms with van der Waals surface area (Å²) in [6, 6.07) is 6.08. The summed E-state index contributed by atoms with van der Waals surface area (Å²) in [5.74, 6) is 0. The van der Waals surface area contributed by atoms with Gasteiger partial charge in [-0.05, 0) is 30.7 Å². The van der Waals surface area contributed by atoms with Crippen molar-refractivity contribution in [3.8, 4) is 0 Å². The van der Waals surface area contributed by atoms with Crippen LogP contribution in [0.4, 0.5) is 0 Å². The Morgan fingerprint density at radius 1 is 1.21 bits per heavy atom. The Morgan fingerprint density at radius 2 is 2.14 bits per heavy atom. The van der Waals surface area contributed by atoms with Crippen LogP contribution in [-0.2, 0) is 0 Å². The van der Waals surface area contributed by atoms with Gasteiger partial charge in [0.25, 0.3) is 0 Å². The minimum atomic E-state index is 1.02. The van der Waals surface area contributed by atoms with Crippen LogP contribution in [0.25, 0.3) is 21.8 Å². The number of nitrogens with one attached hydrogen (secondary N) is 1. The summed E-state index contributed by atoms with van der Waals surface area (Å²) in [5, 5.41) is 9.36. The number of hydrogen-bond donors (Lipinski definition) is 1. The van der Waals surface area contributed by atoms with Crippen molar-refractivity contribution in [2.24, 2.45) is 0 Å². The molecule has 0 spiro atoms. The van der Waals surface area contributed by atoms with Gasteiger partial charge in [0.05, 0.1) is 17.2 Å². The van der Waals surface area contributed by atoms with Gasteiger partial charge in [-0.2, -0.15) is 5.10 Å². The molecule has 3 heteroatoms. The fourth-order valence-electron chi connectivity index (χ4n) is 1.82. The lowest BCUT2D eigenvalue weighted by Crippen LogP contribution is -1.83. The third-order valence-corrected chi connectivity index (χ3v) is 2.53. The molecule has 0 radical (unpaired) electrons. The highest BCUT2D eigenvalue weighted by Gasteiger charge is 2.04. The van der Waals surface area contributed by atoms with E-state index in [9.17, 15) is 0 Å². The smallest absolute Gasteiger partial charge is 0.0747 e. The summed E-state index contributed by atoms with van der Waals surface area (Å²) in [4.78, 5) is 4.32. The van der Waals surface area contributed by atoms with Crippen LogP contribution in [0.15, 0.2) is 30.6 Å². The fourth-order valence-corrected chi connectivity index (χ4v) is 1.82. The molecule has 0 saturated heterocycles. The van der Waals surface area contributed by atoms with Gasteiger partial charge in [-0.15, -0.1) is 0 Å². The third kappa shape index (κ3) is 0.865. The second-order valence-electron chi connectivity index (χ2n) is 3.42. The summed E-state index contributed by atoms with van der Waals surface area (Å²) < 4.78 is 0. The highest BCUT2D eigenvalue weighted by atomic mass is 15.1. The third-order valence-electron chi connectivity index (χ3n) is 2.53. The molecular weight excluding hydrogens is 174 g/mol. The van der Waals surface area contributed by atoms with Crippen molar-refractivity contribution < 1.29 is 0 Å². The average Bonchev–Trinajstić information content (AvgIpc) is 2.65. The Labute approximate surface area is 80.8 Å². The maximum absolute atomic E-state index is 4.32. The molecule has 0 fully saturated rings. The number of hydrogen-bond acceptors (Lipinski definition) is 2. The zero-order chi connectivity index (χ0) is 9.54. The topological polar surface area (TPSA) is 41.6 Å². The SMILES string of the molecule is Cc1ccnc2ccc3cn[nH]c3c12. The maximum atomic E-state index is 4.32. The molecule has 2 aromatic heterocycles. The number of aromatic nitrogens is 3. The number of fused-ring (bicyclic) bond motifs is 3. The molecule has 2 heterocycles. The molecule has 0 aliphatic carbocycles. The van der Waals surface area contributed by atoms with Crippen LogP contribution >= 0.6 is 0 Å². The number of nitrogens with zero attached hydrogens (tertiary/aromatic N) is 2. The Kier molecular flexibility index (Phi) is 1.36. The highest BCUT2D eigenvalue weighted by Crippen LogP contribution is 2.24. The maximum Gasteiger partial charge on any atom is 0.0747 e. The van der Waals surface area contributed by atoms with Gasteiger partial charge in [0.15, 0.2) is 0 Å². The number of aryl methyl sites for hydroxylation is 1. The van der Waals surface area contributed by atoms with Crippen LogP contribution in [0.5, 0.6) is 0 Å². The minimum absolute atomic E-state index is 1.02. The van der Waals surface area contributed by atoms with Gasteiger partial charge >= 0.3 is 0 Å². The predicted molar refractivity (Wildman–Crippen MR) is 56.1 cm³/mol. The van der Waals surface area contributed by atoms with E-state index in [0.717, 1.165) is 16.4 Å². The molecule has 0 bridgehead atoms. The summed E-state index contributed by atoms with van der Waals surface area (Å²) >= 11 is 0. The van der Waals surface area contributed by atoms with E-state index in [0.29, 0.717) is 0 Å². The Hall–Kier alpha value is -1.90. The summed E-state index contributed by atoms with van der Waals surface area (Å²) in [6.07, 6.45) is 3.67. The molecule has 0 aliphatic rings. The number of benzene rings is 1. The van der Waals surface area contributed by atoms with E-state index in [1.807, 2.05) is 30.6 Å². The van der Waals surface area contributed by atoms with Crippen molar-refractivity contribution in [1.29, 1.82) is 0 Å². The van der Waals surface area contributed by atoms with Crippen molar-refractivity contribution in [2.75, 3.05) is 0 Å². The number of aromatic amines is 1. The van der Waals surface area contributed by atoms with Crippen LogP contribution in [-0.4, -0.2) is 15.2 Å². The molecule has 0 saturated carbocycles. The van der Waals surface area contributed by atoms with Crippen LogP contribution < -0.4 is 0 Å². The first-order valence-electron chi connectivity index (χ1n) is 4.53. The summed E-state index contributed by atoms with van der Waals surface area (Å²) in [6.45, 7) is 2.09. The monoisotopic (exact) mass is 183 g/mol. The standard InChI is InChI=1S/C11H9N3/c1-7-4-5-12-9-3-2-8-6-13-14-11(8)10(7)9/h2-6H,1H3,(H,13,14). The molecule has 68 valence electrons. The predicted octanol–water partition coefficient (Wildman–Crippen LogP) is 2.42. The van der Waals surface area contributed by atoms with Gasteiger partial charge in [-0.25, -0.2) is 0 Å². The van der Waals surface area contributed by atoms with Crippen molar-refractivity contribution in [1.82, 2.24) is 15.2 Å². The Bertz CT molecular complexity index is 610. The van der Waals surface area contributed by atoms with Crippen molar-refractivity contribution >= 4 is 21.8 Å².